The van der Waals surface area contributed by atoms with Crippen LogP contribution in [0.3, 0.4) is 0 Å². The zero-order valence-electron chi connectivity index (χ0n) is 21.2. The Balaban J connectivity index is 1.09. The Morgan fingerprint density at radius 2 is 1.79 bits per heavy atom. The van der Waals surface area contributed by atoms with E-state index in [0.717, 1.165) is 43.9 Å². The van der Waals surface area contributed by atoms with Gasteiger partial charge in [-0.1, -0.05) is 6.07 Å². The number of aromatic nitrogens is 2. The number of nitrogens with one attached hydrogen (secondary N) is 1. The number of benzene rings is 1. The van der Waals surface area contributed by atoms with Crippen molar-refractivity contribution in [3.8, 4) is 6.07 Å². The van der Waals surface area contributed by atoms with Crippen LogP contribution >= 0.6 is 0 Å². The summed E-state index contributed by atoms with van der Waals surface area (Å²) in [7, 11) is 0. The Kier molecular flexibility index (Phi) is 6.67. The summed E-state index contributed by atoms with van der Waals surface area (Å²) in [6.45, 7) is 7.12. The number of hydrogen-bond donors (Lipinski definition) is 1. The normalized spacial score (nSPS) is 23.5. The molecule has 1 aromatic heterocycles. The van der Waals surface area contributed by atoms with Crippen LogP contribution in [0.4, 0.5) is 28.3 Å². The number of carbonyl (C=O) groups excluding carboxylic acids is 1. The van der Waals surface area contributed by atoms with Crippen LogP contribution in [0.2, 0.25) is 0 Å². The summed E-state index contributed by atoms with van der Waals surface area (Å²) in [4.78, 5) is 26.8. The van der Waals surface area contributed by atoms with Crippen molar-refractivity contribution in [1.29, 1.82) is 5.26 Å². The molecule has 0 radical (unpaired) electrons. The number of nitrogens with zero attached hydrogens (tertiary/aromatic N) is 6. The third-order valence-corrected chi connectivity index (χ3v) is 7.76. The van der Waals surface area contributed by atoms with E-state index in [1.165, 1.54) is 6.07 Å². The van der Waals surface area contributed by atoms with Gasteiger partial charge in [0.1, 0.15) is 11.9 Å². The molecule has 2 atom stereocenters. The highest BCUT2D eigenvalue weighted by atomic mass is 19.4. The van der Waals surface area contributed by atoms with Gasteiger partial charge in [-0.15, -0.1) is 0 Å². The maximum atomic E-state index is 13.5. The molecule has 2 saturated heterocycles. The van der Waals surface area contributed by atoms with Crippen molar-refractivity contribution in [1.82, 2.24) is 25.1 Å². The van der Waals surface area contributed by atoms with Crippen LogP contribution in [0.1, 0.15) is 43.4 Å². The largest absolute Gasteiger partial charge is 0.419 e. The molecule has 2 aliphatic heterocycles. The summed E-state index contributed by atoms with van der Waals surface area (Å²) in [6, 6.07) is 6.11. The van der Waals surface area contributed by atoms with Gasteiger partial charge in [0.2, 0.25) is 5.95 Å². The molecule has 1 spiro atoms. The fraction of sp³-hybridized carbons (Fsp3) is 0.538. The number of amides is 2. The number of anilines is 1. The van der Waals surface area contributed by atoms with E-state index in [-0.39, 0.29) is 41.1 Å². The van der Waals surface area contributed by atoms with E-state index in [4.69, 9.17) is 5.26 Å². The minimum absolute atomic E-state index is 0.0559. The summed E-state index contributed by atoms with van der Waals surface area (Å²) in [5.41, 5.74) is 0.259. The third-order valence-electron chi connectivity index (χ3n) is 7.76. The number of alkyl halides is 3. The molecule has 0 bridgehead atoms. The fourth-order valence-corrected chi connectivity index (χ4v) is 6.14. The monoisotopic (exact) mass is 531 g/mol. The van der Waals surface area contributed by atoms with Gasteiger partial charge in [0.25, 0.3) is 0 Å². The van der Waals surface area contributed by atoms with Crippen molar-refractivity contribution in [3.05, 3.63) is 53.1 Å². The van der Waals surface area contributed by atoms with Gasteiger partial charge in [0.15, 0.2) is 0 Å². The van der Waals surface area contributed by atoms with Crippen molar-refractivity contribution in [2.24, 2.45) is 5.41 Å². The van der Waals surface area contributed by atoms with Gasteiger partial charge in [-0.05, 0) is 49.8 Å². The summed E-state index contributed by atoms with van der Waals surface area (Å²) in [5, 5.41) is 12.2. The van der Waals surface area contributed by atoms with E-state index in [2.05, 4.69) is 20.2 Å². The number of rotatable bonds is 4. The lowest BCUT2D eigenvalue weighted by molar-refractivity contribution is -0.138. The maximum absolute atomic E-state index is 13.5. The van der Waals surface area contributed by atoms with Crippen molar-refractivity contribution in [3.63, 3.8) is 0 Å². The molecular formula is C26H29F4N7O. The third kappa shape index (κ3) is 5.12. The maximum Gasteiger partial charge on any atom is 0.419 e. The number of nitriles is 1. The molecule has 1 aliphatic carbocycles. The molecule has 0 unspecified atom stereocenters. The number of likely N-dealkylation sites (tertiary alicyclic amines) is 1. The fourth-order valence-electron chi connectivity index (χ4n) is 6.14. The SMILES string of the molecule is C[C@@H]1CN(c2ncc(C(F)(F)F)cn2)C[C@H](C)N1C(=O)NC1CC2(C1)CN(Cc1ccc(F)c(C#N)c1)C2. The van der Waals surface area contributed by atoms with E-state index < -0.39 is 17.6 Å². The Morgan fingerprint density at radius 3 is 2.37 bits per heavy atom. The van der Waals surface area contributed by atoms with Crippen LogP contribution in [0.5, 0.6) is 0 Å². The molecule has 1 saturated carbocycles. The molecule has 3 heterocycles. The average Bonchev–Trinajstić information content (AvgIpc) is 2.81. The smallest absolute Gasteiger partial charge is 0.337 e. The van der Waals surface area contributed by atoms with Gasteiger partial charge in [-0.2, -0.15) is 18.4 Å². The first-order chi connectivity index (χ1) is 18.0. The zero-order valence-corrected chi connectivity index (χ0v) is 21.2. The second-order valence-corrected chi connectivity index (χ2v) is 10.9. The number of piperazine rings is 1. The van der Waals surface area contributed by atoms with Gasteiger partial charge in [-0.25, -0.2) is 19.2 Å². The van der Waals surface area contributed by atoms with E-state index >= 15 is 0 Å². The first-order valence-electron chi connectivity index (χ1n) is 12.6. The summed E-state index contributed by atoms with van der Waals surface area (Å²) in [5.74, 6) is -0.288. The molecular weight excluding hydrogens is 502 g/mol. The van der Waals surface area contributed by atoms with Gasteiger partial charge < -0.3 is 15.1 Å². The van der Waals surface area contributed by atoms with E-state index in [9.17, 15) is 22.4 Å². The van der Waals surface area contributed by atoms with E-state index in [0.29, 0.717) is 19.6 Å². The van der Waals surface area contributed by atoms with Gasteiger partial charge in [0, 0.05) is 63.2 Å². The predicted octanol–water partition coefficient (Wildman–Crippen LogP) is 3.78. The molecule has 1 N–H and O–H groups in total. The highest BCUT2D eigenvalue weighted by molar-refractivity contribution is 5.76. The summed E-state index contributed by atoms with van der Waals surface area (Å²) in [6.07, 6.45) is -1.13. The minimum atomic E-state index is -4.49. The molecule has 2 aromatic rings. The first kappa shape index (κ1) is 26.2. The molecule has 3 aliphatic rings. The lowest BCUT2D eigenvalue weighted by Crippen LogP contribution is -2.68. The van der Waals surface area contributed by atoms with Crippen molar-refractivity contribution in [2.45, 2.75) is 57.5 Å². The number of carbonyl (C=O) groups is 1. The lowest BCUT2D eigenvalue weighted by Gasteiger charge is -2.59. The van der Waals surface area contributed by atoms with E-state index in [1.54, 1.807) is 21.9 Å². The van der Waals surface area contributed by atoms with Gasteiger partial charge in [0.05, 0.1) is 11.1 Å². The number of hydrogen-bond acceptors (Lipinski definition) is 6. The van der Waals surface area contributed by atoms with Crippen LogP contribution in [0.25, 0.3) is 0 Å². The van der Waals surface area contributed by atoms with Crippen LogP contribution in [-0.2, 0) is 12.7 Å². The molecule has 5 rings (SSSR count). The zero-order chi connectivity index (χ0) is 27.2. The number of halogens is 4. The molecule has 1 aromatic carbocycles. The topological polar surface area (TPSA) is 88.4 Å². The summed E-state index contributed by atoms with van der Waals surface area (Å²) < 4.78 is 52.0. The van der Waals surface area contributed by atoms with Crippen molar-refractivity contribution in [2.75, 3.05) is 31.1 Å². The Bertz CT molecular complexity index is 1220. The molecule has 3 fully saturated rings. The van der Waals surface area contributed by atoms with Crippen LogP contribution < -0.4 is 10.2 Å². The van der Waals surface area contributed by atoms with Crippen molar-refractivity contribution < 1.29 is 22.4 Å². The Hall–Kier alpha value is -3.46. The second kappa shape index (κ2) is 9.69. The molecule has 8 nitrogen and oxygen atoms in total. The lowest BCUT2D eigenvalue weighted by atomic mass is 9.60. The van der Waals surface area contributed by atoms with Crippen LogP contribution in [0.15, 0.2) is 30.6 Å². The summed E-state index contributed by atoms with van der Waals surface area (Å²) >= 11 is 0. The standard InChI is InChI=1S/C26H29F4N7O/c1-16-11-36(23-32-9-20(10-33-23)26(28,29)30)12-17(2)37(16)24(38)34-21-6-25(7-21)14-35(15-25)13-18-3-4-22(27)19(5-18)8-31/h3-5,9-10,16-17,21H,6-7,11-15H2,1-2H3,(H,34,38)/t16-,17+. The second-order valence-electron chi connectivity index (χ2n) is 10.9. The number of urea groups is 1. The average molecular weight is 532 g/mol. The van der Waals surface area contributed by atoms with Crippen LogP contribution in [0, 0.1) is 22.6 Å². The quantitative estimate of drug-likeness (QED) is 0.605. The van der Waals surface area contributed by atoms with Crippen LogP contribution in [-0.4, -0.2) is 70.1 Å². The van der Waals surface area contributed by atoms with Gasteiger partial charge >= 0.3 is 12.2 Å². The first-order valence-corrected chi connectivity index (χ1v) is 12.6. The Morgan fingerprint density at radius 1 is 1.16 bits per heavy atom. The molecule has 12 heteroatoms. The molecule has 202 valence electrons. The molecule has 2 amide bonds. The van der Waals surface area contributed by atoms with Gasteiger partial charge in [-0.3, -0.25) is 4.90 Å². The molecule has 38 heavy (non-hydrogen) atoms. The Labute approximate surface area is 218 Å². The highest BCUT2D eigenvalue weighted by Gasteiger charge is 2.52. The predicted molar refractivity (Wildman–Crippen MR) is 130 cm³/mol. The van der Waals surface area contributed by atoms with Crippen molar-refractivity contribution >= 4 is 12.0 Å². The van der Waals surface area contributed by atoms with E-state index in [1.807, 2.05) is 19.9 Å². The minimum Gasteiger partial charge on any atom is -0.337 e. The highest BCUT2D eigenvalue weighted by Crippen LogP contribution is 2.48.